The van der Waals surface area contributed by atoms with Crippen LogP contribution in [-0.4, -0.2) is 32.3 Å². The third-order valence-electron chi connectivity index (χ3n) is 5.23. The van der Waals surface area contributed by atoms with Gasteiger partial charge in [-0.25, -0.2) is 13.1 Å². The van der Waals surface area contributed by atoms with Gasteiger partial charge in [-0.05, 0) is 35.9 Å². The second-order valence-corrected chi connectivity index (χ2v) is 8.80. The van der Waals surface area contributed by atoms with Crippen molar-refractivity contribution in [2.45, 2.75) is 11.4 Å². The summed E-state index contributed by atoms with van der Waals surface area (Å²) >= 11 is 0. The number of nitrogens with zero attached hydrogens (tertiary/aromatic N) is 1. The molecule has 0 atom stereocenters. The molecule has 0 saturated heterocycles. The minimum absolute atomic E-state index is 0.0638. The largest absolute Gasteiger partial charge is 0.456 e. The lowest BCUT2D eigenvalue weighted by Crippen LogP contribution is -2.35. The molecule has 29 heavy (non-hydrogen) atoms. The third kappa shape index (κ3) is 3.08. The summed E-state index contributed by atoms with van der Waals surface area (Å²) in [6.07, 6.45) is 0. The van der Waals surface area contributed by atoms with E-state index < -0.39 is 10.0 Å². The number of furan rings is 1. The molecule has 1 aliphatic heterocycles. The van der Waals surface area contributed by atoms with Crippen molar-refractivity contribution in [3.8, 4) is 0 Å². The molecule has 0 aliphatic carbocycles. The minimum Gasteiger partial charge on any atom is -0.456 e. The fourth-order valence-electron chi connectivity index (χ4n) is 3.77. The van der Waals surface area contributed by atoms with Crippen LogP contribution in [0.1, 0.15) is 15.9 Å². The van der Waals surface area contributed by atoms with Gasteiger partial charge < -0.3 is 9.32 Å². The maximum absolute atomic E-state index is 12.8. The summed E-state index contributed by atoms with van der Waals surface area (Å²) in [6.45, 7) is 0.958. The maximum atomic E-state index is 12.8. The number of carbonyl (C=O) groups is 1. The summed E-state index contributed by atoms with van der Waals surface area (Å²) in [5, 5.41) is 1.63. The van der Waals surface area contributed by atoms with Crippen molar-refractivity contribution in [1.29, 1.82) is 0 Å². The second kappa shape index (κ2) is 6.72. The van der Waals surface area contributed by atoms with Gasteiger partial charge in [-0.3, -0.25) is 4.79 Å². The predicted molar refractivity (Wildman–Crippen MR) is 110 cm³/mol. The molecular formula is C22H18N2O4S. The molecular weight excluding hydrogens is 388 g/mol. The molecule has 0 spiro atoms. The van der Waals surface area contributed by atoms with Gasteiger partial charge in [0.1, 0.15) is 11.2 Å². The van der Waals surface area contributed by atoms with Crippen molar-refractivity contribution < 1.29 is 17.6 Å². The molecule has 1 aromatic heterocycles. The molecule has 0 bridgehead atoms. The van der Waals surface area contributed by atoms with Crippen molar-refractivity contribution >= 4 is 37.9 Å². The molecule has 0 unspecified atom stereocenters. The zero-order valence-electron chi connectivity index (χ0n) is 15.5. The summed E-state index contributed by atoms with van der Waals surface area (Å²) in [5.41, 5.74) is 3.02. The van der Waals surface area contributed by atoms with Crippen molar-refractivity contribution in [2.24, 2.45) is 0 Å². The maximum Gasteiger partial charge on any atom is 0.254 e. The highest BCUT2D eigenvalue weighted by molar-refractivity contribution is 7.89. The summed E-state index contributed by atoms with van der Waals surface area (Å²) < 4.78 is 33.9. The molecule has 146 valence electrons. The Labute approximate surface area is 167 Å². The van der Waals surface area contributed by atoms with Crippen LogP contribution in [0.2, 0.25) is 0 Å². The van der Waals surface area contributed by atoms with E-state index in [-0.39, 0.29) is 17.3 Å². The zero-order chi connectivity index (χ0) is 20.0. The highest BCUT2D eigenvalue weighted by atomic mass is 32.2. The normalized spacial score (nSPS) is 14.1. The highest BCUT2D eigenvalue weighted by Crippen LogP contribution is 2.30. The van der Waals surface area contributed by atoms with E-state index in [1.165, 1.54) is 6.07 Å². The number of amides is 1. The molecule has 2 heterocycles. The average molecular weight is 406 g/mol. The van der Waals surface area contributed by atoms with Crippen molar-refractivity contribution in [2.75, 3.05) is 13.1 Å². The summed E-state index contributed by atoms with van der Waals surface area (Å²) in [7, 11) is -3.70. The van der Waals surface area contributed by atoms with Gasteiger partial charge in [-0.1, -0.05) is 36.4 Å². The number of fused-ring (bicyclic) bond motifs is 4. The summed E-state index contributed by atoms with van der Waals surface area (Å²) in [4.78, 5) is 14.2. The summed E-state index contributed by atoms with van der Waals surface area (Å²) in [6, 6.07) is 19.8. The fourth-order valence-corrected chi connectivity index (χ4v) is 4.81. The van der Waals surface area contributed by atoms with Gasteiger partial charge in [0.05, 0.1) is 4.90 Å². The Morgan fingerprint density at radius 3 is 2.55 bits per heavy atom. The van der Waals surface area contributed by atoms with E-state index in [0.717, 1.165) is 21.9 Å². The predicted octanol–water partition coefficient (Wildman–Crippen LogP) is 3.52. The van der Waals surface area contributed by atoms with E-state index in [1.54, 1.807) is 23.1 Å². The van der Waals surface area contributed by atoms with Crippen LogP contribution < -0.4 is 4.72 Å². The first-order valence-electron chi connectivity index (χ1n) is 9.31. The van der Waals surface area contributed by atoms with Crippen LogP contribution in [0, 0.1) is 0 Å². The smallest absolute Gasteiger partial charge is 0.254 e. The molecule has 5 rings (SSSR count). The SMILES string of the molecule is O=C1c2ccccc2CN1CCNS(=O)(=O)c1ccc2oc3ccccc3c2c1. The van der Waals surface area contributed by atoms with Crippen LogP contribution >= 0.6 is 0 Å². The quantitative estimate of drug-likeness (QED) is 0.550. The first kappa shape index (κ1) is 17.9. The molecule has 4 aromatic rings. The molecule has 6 nitrogen and oxygen atoms in total. The number of hydrogen-bond donors (Lipinski definition) is 1. The molecule has 0 fully saturated rings. The molecule has 3 aromatic carbocycles. The first-order chi connectivity index (χ1) is 14.0. The van der Waals surface area contributed by atoms with Crippen molar-refractivity contribution in [3.63, 3.8) is 0 Å². The Hall–Kier alpha value is -3.16. The Kier molecular flexibility index (Phi) is 4.15. The molecule has 7 heteroatoms. The number of rotatable bonds is 5. The van der Waals surface area contributed by atoms with Crippen LogP contribution in [-0.2, 0) is 16.6 Å². The second-order valence-electron chi connectivity index (χ2n) is 7.04. The molecule has 0 saturated carbocycles. The van der Waals surface area contributed by atoms with Crippen molar-refractivity contribution in [1.82, 2.24) is 9.62 Å². The van der Waals surface area contributed by atoms with Crippen LogP contribution in [0.15, 0.2) is 76.0 Å². The number of carbonyl (C=O) groups excluding carboxylic acids is 1. The highest BCUT2D eigenvalue weighted by Gasteiger charge is 2.26. The molecule has 1 aliphatic rings. The van der Waals surface area contributed by atoms with Crippen LogP contribution in [0.5, 0.6) is 0 Å². The Balaban J connectivity index is 1.33. The first-order valence-corrected chi connectivity index (χ1v) is 10.8. The standard InChI is InChI=1S/C22H18N2O4S/c25-22-17-6-2-1-5-15(17)14-24(22)12-11-23-29(26,27)16-9-10-21-19(13-16)18-7-3-4-8-20(18)28-21/h1-10,13,23H,11-12,14H2. The monoisotopic (exact) mass is 406 g/mol. The van der Waals surface area contributed by atoms with Gasteiger partial charge in [0.2, 0.25) is 10.0 Å². The number of hydrogen-bond acceptors (Lipinski definition) is 4. The lowest BCUT2D eigenvalue weighted by atomic mass is 10.1. The Morgan fingerprint density at radius 2 is 1.69 bits per heavy atom. The molecule has 1 amide bonds. The van der Waals surface area contributed by atoms with E-state index in [4.69, 9.17) is 4.42 Å². The van der Waals surface area contributed by atoms with Gasteiger partial charge in [-0.2, -0.15) is 0 Å². The lowest BCUT2D eigenvalue weighted by Gasteiger charge is -2.16. The molecule has 0 radical (unpaired) electrons. The Bertz CT molecular complexity index is 1360. The van der Waals surface area contributed by atoms with Crippen LogP contribution in [0.25, 0.3) is 21.9 Å². The number of benzene rings is 3. The Morgan fingerprint density at radius 1 is 0.931 bits per heavy atom. The van der Waals surface area contributed by atoms with E-state index in [9.17, 15) is 13.2 Å². The number of nitrogens with one attached hydrogen (secondary N) is 1. The topological polar surface area (TPSA) is 79.6 Å². The van der Waals surface area contributed by atoms with E-state index in [1.807, 2.05) is 42.5 Å². The minimum atomic E-state index is -3.70. The van der Waals surface area contributed by atoms with E-state index in [0.29, 0.717) is 24.2 Å². The fraction of sp³-hybridized carbons (Fsp3) is 0.136. The van der Waals surface area contributed by atoms with E-state index >= 15 is 0 Å². The van der Waals surface area contributed by atoms with Gasteiger partial charge in [0, 0.05) is 36.0 Å². The number of para-hydroxylation sites is 1. The molecule has 1 N–H and O–H groups in total. The van der Waals surface area contributed by atoms with E-state index in [2.05, 4.69) is 4.72 Å². The van der Waals surface area contributed by atoms with Gasteiger partial charge >= 0.3 is 0 Å². The lowest BCUT2D eigenvalue weighted by molar-refractivity contribution is 0.0781. The zero-order valence-corrected chi connectivity index (χ0v) is 16.3. The van der Waals surface area contributed by atoms with Gasteiger partial charge in [-0.15, -0.1) is 0 Å². The van der Waals surface area contributed by atoms with Gasteiger partial charge in [0.25, 0.3) is 5.91 Å². The van der Waals surface area contributed by atoms with Crippen LogP contribution in [0.3, 0.4) is 0 Å². The van der Waals surface area contributed by atoms with Gasteiger partial charge in [0.15, 0.2) is 0 Å². The number of sulfonamides is 1. The van der Waals surface area contributed by atoms with Crippen LogP contribution in [0.4, 0.5) is 0 Å². The summed E-state index contributed by atoms with van der Waals surface area (Å²) in [5.74, 6) is -0.0638. The third-order valence-corrected chi connectivity index (χ3v) is 6.69. The van der Waals surface area contributed by atoms with Crippen molar-refractivity contribution in [3.05, 3.63) is 77.9 Å². The average Bonchev–Trinajstić information content (AvgIpc) is 3.25.